The Hall–Kier alpha value is -2.18. The summed E-state index contributed by atoms with van der Waals surface area (Å²) in [4.78, 5) is 12.6. The molecule has 0 bridgehead atoms. The van der Waals surface area contributed by atoms with Crippen molar-refractivity contribution in [3.63, 3.8) is 0 Å². The highest BCUT2D eigenvalue weighted by atomic mass is 32.2. The average molecular weight is 430 g/mol. The van der Waals surface area contributed by atoms with Gasteiger partial charge in [-0.05, 0) is 59.6 Å². The summed E-state index contributed by atoms with van der Waals surface area (Å²) in [5.41, 5.74) is 2.49. The van der Waals surface area contributed by atoms with Crippen LogP contribution < -0.4 is 0 Å². The molecule has 3 rings (SSSR count). The zero-order valence-electron chi connectivity index (χ0n) is 18.2. The van der Waals surface area contributed by atoms with Crippen molar-refractivity contribution >= 4 is 16.0 Å². The van der Waals surface area contributed by atoms with Crippen LogP contribution in [0.3, 0.4) is 0 Å². The maximum Gasteiger partial charge on any atom is 0.338 e. The third-order valence-electron chi connectivity index (χ3n) is 5.58. The Morgan fingerprint density at radius 2 is 1.57 bits per heavy atom. The van der Waals surface area contributed by atoms with Gasteiger partial charge in [0.2, 0.25) is 10.0 Å². The molecule has 2 aromatic rings. The van der Waals surface area contributed by atoms with Gasteiger partial charge in [-0.2, -0.15) is 4.31 Å². The fourth-order valence-electron chi connectivity index (χ4n) is 3.95. The maximum atomic E-state index is 13.0. The van der Waals surface area contributed by atoms with E-state index in [0.29, 0.717) is 36.4 Å². The van der Waals surface area contributed by atoms with E-state index in [4.69, 9.17) is 4.74 Å². The quantitative estimate of drug-likeness (QED) is 0.617. The average Bonchev–Trinajstić information content (AvgIpc) is 2.71. The number of rotatable bonds is 6. The lowest BCUT2D eigenvalue weighted by molar-refractivity contribution is 0.0472. The number of esters is 1. The Morgan fingerprint density at radius 1 is 1.00 bits per heavy atom. The largest absolute Gasteiger partial charge is 0.457 e. The molecule has 1 aliphatic rings. The van der Waals surface area contributed by atoms with Crippen LogP contribution in [0.5, 0.6) is 0 Å². The van der Waals surface area contributed by atoms with Crippen LogP contribution in [0.2, 0.25) is 0 Å². The second kappa shape index (κ2) is 9.31. The van der Waals surface area contributed by atoms with Crippen LogP contribution in [0.1, 0.15) is 61.5 Å². The number of carbonyl (C=O) groups excluding carboxylic acids is 1. The van der Waals surface area contributed by atoms with E-state index in [1.165, 1.54) is 29.8 Å². The SMILES string of the molecule is CC(C)c1ccc(COC(=O)c2ccc(S(=O)(=O)N3C[C@@H](C)C[C@H](C)C3)cc2)cc1. The molecule has 30 heavy (non-hydrogen) atoms. The van der Waals surface area contributed by atoms with Crippen LogP contribution in [-0.2, 0) is 21.4 Å². The van der Waals surface area contributed by atoms with Gasteiger partial charge in [0.15, 0.2) is 0 Å². The molecule has 0 aliphatic carbocycles. The first kappa shape index (κ1) is 22.5. The second-order valence-corrected chi connectivity index (χ2v) is 10.7. The van der Waals surface area contributed by atoms with E-state index in [0.717, 1.165) is 12.0 Å². The summed E-state index contributed by atoms with van der Waals surface area (Å²) < 4.78 is 32.9. The molecular formula is C24H31NO4S. The van der Waals surface area contributed by atoms with E-state index in [1.54, 1.807) is 4.31 Å². The maximum absolute atomic E-state index is 13.0. The number of ether oxygens (including phenoxy) is 1. The molecule has 0 amide bonds. The molecule has 0 radical (unpaired) electrons. The number of hydrogen-bond donors (Lipinski definition) is 0. The Labute approximate surface area is 180 Å². The molecular weight excluding hydrogens is 398 g/mol. The molecule has 1 saturated heterocycles. The Balaban J connectivity index is 1.63. The van der Waals surface area contributed by atoms with Gasteiger partial charge in [0, 0.05) is 13.1 Å². The van der Waals surface area contributed by atoms with Crippen LogP contribution >= 0.6 is 0 Å². The van der Waals surface area contributed by atoms with Crippen molar-refractivity contribution in [1.82, 2.24) is 4.31 Å². The van der Waals surface area contributed by atoms with Gasteiger partial charge in [-0.15, -0.1) is 0 Å². The van der Waals surface area contributed by atoms with Crippen molar-refractivity contribution in [3.05, 3.63) is 65.2 Å². The van der Waals surface area contributed by atoms with E-state index in [1.807, 2.05) is 24.3 Å². The lowest BCUT2D eigenvalue weighted by Gasteiger charge is -2.34. The number of piperidine rings is 1. The summed E-state index contributed by atoms with van der Waals surface area (Å²) in [6, 6.07) is 14.0. The van der Waals surface area contributed by atoms with Crippen molar-refractivity contribution in [2.24, 2.45) is 11.8 Å². The highest BCUT2D eigenvalue weighted by Gasteiger charge is 2.31. The molecule has 2 aromatic carbocycles. The van der Waals surface area contributed by atoms with Crippen LogP contribution in [0, 0.1) is 11.8 Å². The number of hydrogen-bond acceptors (Lipinski definition) is 4. The summed E-state index contributed by atoms with van der Waals surface area (Å²) in [6.45, 7) is 9.66. The molecule has 1 fully saturated rings. The third kappa shape index (κ3) is 5.29. The summed E-state index contributed by atoms with van der Waals surface area (Å²) in [5.74, 6) is 0.666. The molecule has 6 heteroatoms. The first-order valence-corrected chi connectivity index (χ1v) is 12.0. The molecule has 0 saturated carbocycles. The molecule has 0 spiro atoms. The summed E-state index contributed by atoms with van der Waals surface area (Å²) in [6.07, 6.45) is 1.04. The topological polar surface area (TPSA) is 63.7 Å². The van der Waals surface area contributed by atoms with Gasteiger partial charge < -0.3 is 4.74 Å². The fraction of sp³-hybridized carbons (Fsp3) is 0.458. The molecule has 1 aliphatic heterocycles. The predicted octanol–water partition coefficient (Wildman–Crippen LogP) is 4.83. The third-order valence-corrected chi connectivity index (χ3v) is 7.43. The Kier molecular flexibility index (Phi) is 6.98. The highest BCUT2D eigenvalue weighted by Crippen LogP contribution is 2.27. The van der Waals surface area contributed by atoms with E-state index < -0.39 is 16.0 Å². The van der Waals surface area contributed by atoms with Crippen molar-refractivity contribution in [2.45, 2.75) is 51.5 Å². The van der Waals surface area contributed by atoms with Crippen LogP contribution in [0.15, 0.2) is 53.4 Å². The van der Waals surface area contributed by atoms with Crippen LogP contribution in [0.4, 0.5) is 0 Å². The number of carbonyl (C=O) groups is 1. The van der Waals surface area contributed by atoms with Gasteiger partial charge in [-0.1, -0.05) is 52.0 Å². The van der Waals surface area contributed by atoms with Gasteiger partial charge in [-0.3, -0.25) is 0 Å². The monoisotopic (exact) mass is 429 g/mol. The van der Waals surface area contributed by atoms with Crippen molar-refractivity contribution in [1.29, 1.82) is 0 Å². The van der Waals surface area contributed by atoms with Gasteiger partial charge >= 0.3 is 5.97 Å². The molecule has 0 aromatic heterocycles. The van der Waals surface area contributed by atoms with Crippen LogP contribution in [0.25, 0.3) is 0 Å². The van der Waals surface area contributed by atoms with Gasteiger partial charge in [0.1, 0.15) is 6.61 Å². The van der Waals surface area contributed by atoms with Crippen molar-refractivity contribution in [3.8, 4) is 0 Å². The van der Waals surface area contributed by atoms with Crippen molar-refractivity contribution in [2.75, 3.05) is 13.1 Å². The molecule has 162 valence electrons. The number of nitrogens with zero attached hydrogens (tertiary/aromatic N) is 1. The lowest BCUT2D eigenvalue weighted by Crippen LogP contribution is -2.42. The number of sulfonamides is 1. The van der Waals surface area contributed by atoms with E-state index in [-0.39, 0.29) is 11.5 Å². The molecule has 0 N–H and O–H groups in total. The molecule has 0 unspecified atom stereocenters. The zero-order chi connectivity index (χ0) is 21.9. The molecule has 2 atom stereocenters. The predicted molar refractivity (Wildman–Crippen MR) is 118 cm³/mol. The van der Waals surface area contributed by atoms with Gasteiger partial charge in [0.25, 0.3) is 0 Å². The second-order valence-electron chi connectivity index (χ2n) is 8.76. The standard InChI is InChI=1S/C24H31NO4S/c1-17(2)21-7-5-20(6-8-21)16-29-24(26)22-9-11-23(12-10-22)30(27,28)25-14-18(3)13-19(4)15-25/h5-12,17-19H,13-16H2,1-4H3/t18-,19-/m0/s1. The van der Waals surface area contributed by atoms with E-state index in [2.05, 4.69) is 27.7 Å². The first-order chi connectivity index (χ1) is 14.2. The minimum Gasteiger partial charge on any atom is -0.457 e. The summed E-state index contributed by atoms with van der Waals surface area (Å²) >= 11 is 0. The summed E-state index contributed by atoms with van der Waals surface area (Å²) in [5, 5.41) is 0. The Bertz CT molecular complexity index is 955. The molecule has 1 heterocycles. The van der Waals surface area contributed by atoms with Gasteiger partial charge in [0.05, 0.1) is 10.5 Å². The Morgan fingerprint density at radius 3 is 2.10 bits per heavy atom. The summed E-state index contributed by atoms with van der Waals surface area (Å²) in [7, 11) is -3.56. The van der Waals surface area contributed by atoms with Crippen LogP contribution in [-0.4, -0.2) is 31.8 Å². The van der Waals surface area contributed by atoms with E-state index >= 15 is 0 Å². The highest BCUT2D eigenvalue weighted by molar-refractivity contribution is 7.89. The zero-order valence-corrected chi connectivity index (χ0v) is 19.0. The molecule has 5 nitrogen and oxygen atoms in total. The van der Waals surface area contributed by atoms with Crippen molar-refractivity contribution < 1.29 is 17.9 Å². The normalized spacial score (nSPS) is 20.3. The minimum atomic E-state index is -3.56. The smallest absolute Gasteiger partial charge is 0.338 e. The minimum absolute atomic E-state index is 0.181. The van der Waals surface area contributed by atoms with E-state index in [9.17, 15) is 13.2 Å². The lowest BCUT2D eigenvalue weighted by atomic mass is 9.94. The number of benzene rings is 2. The van der Waals surface area contributed by atoms with Gasteiger partial charge in [-0.25, -0.2) is 13.2 Å². The fourth-order valence-corrected chi connectivity index (χ4v) is 5.62. The first-order valence-electron chi connectivity index (χ1n) is 10.5.